The molecule has 0 spiro atoms. The molecule has 1 unspecified atom stereocenters. The maximum absolute atomic E-state index is 2.25. The Balaban J connectivity index is 2.99. The first-order valence-electron chi connectivity index (χ1n) is 2.31. The van der Waals surface area contributed by atoms with Crippen molar-refractivity contribution >= 4 is 16.5 Å². The topological polar surface area (TPSA) is 3.24 Å². The van der Waals surface area contributed by atoms with Gasteiger partial charge in [0.05, 0.1) is 0 Å². The van der Waals surface area contributed by atoms with Crippen LogP contribution in [-0.4, -0.2) is 40.4 Å². The Kier molecular flexibility index (Phi) is 2.86. The van der Waals surface area contributed by atoms with Crippen LogP contribution < -0.4 is 0 Å². The van der Waals surface area contributed by atoms with Crippen LogP contribution in [0.5, 0.6) is 0 Å². The van der Waals surface area contributed by atoms with Crippen LogP contribution in [0.4, 0.5) is 0 Å². The monoisotopic (exact) mass is 149 g/mol. The molecule has 1 nitrogen and oxygen atoms in total. The second-order valence-electron chi connectivity index (χ2n) is 2.06. The van der Waals surface area contributed by atoms with Gasteiger partial charge in [-0.3, -0.25) is 0 Å². The predicted molar refractivity (Wildman–Crippen MR) is 33.1 cm³/mol. The molecular weight excluding hydrogens is 135 g/mol. The molecule has 0 bridgehead atoms. The van der Waals surface area contributed by atoms with E-state index in [4.69, 9.17) is 0 Å². The first-order chi connectivity index (χ1) is 2.64. The average molecular weight is 148 g/mol. The molecule has 1 atom stereocenters. The summed E-state index contributed by atoms with van der Waals surface area (Å²) in [4.78, 5) is 3.12. The summed E-state index contributed by atoms with van der Waals surface area (Å²) in [7, 11) is 4.24. The van der Waals surface area contributed by atoms with Gasteiger partial charge in [0.2, 0.25) is 0 Å². The van der Waals surface area contributed by atoms with Gasteiger partial charge in [-0.05, 0) is 0 Å². The Labute approximate surface area is 47.9 Å². The molecule has 0 rings (SSSR count). The fourth-order valence-electron chi connectivity index (χ4n) is 0. The van der Waals surface area contributed by atoms with Crippen LogP contribution >= 0.6 is 0 Å². The van der Waals surface area contributed by atoms with Crippen molar-refractivity contribution in [3.05, 3.63) is 0 Å². The quantitative estimate of drug-likeness (QED) is 0.442. The summed E-state index contributed by atoms with van der Waals surface area (Å²) in [5, 5.41) is 0. The molecule has 6 heavy (non-hydrogen) atoms. The third kappa shape index (κ3) is 2.72. The minimum absolute atomic E-state index is 0.873. The standard InChI is InChI=1S/C4H13GeN/c1-4(5)6(2)3/h4H,1-3,5H3. The number of hydrogen-bond acceptors (Lipinski definition) is 1. The van der Waals surface area contributed by atoms with Gasteiger partial charge in [0.1, 0.15) is 0 Å². The van der Waals surface area contributed by atoms with Crippen LogP contribution in [0.1, 0.15) is 6.92 Å². The zero-order valence-electron chi connectivity index (χ0n) is 5.02. The van der Waals surface area contributed by atoms with Gasteiger partial charge in [0, 0.05) is 0 Å². The number of rotatable bonds is 1. The molecule has 0 aliphatic rings. The van der Waals surface area contributed by atoms with E-state index in [0.29, 0.717) is 0 Å². The van der Waals surface area contributed by atoms with Crippen molar-refractivity contribution in [2.24, 2.45) is 0 Å². The van der Waals surface area contributed by atoms with Crippen molar-refractivity contribution in [2.75, 3.05) is 14.1 Å². The van der Waals surface area contributed by atoms with Gasteiger partial charge in [-0.2, -0.15) is 0 Å². The Morgan fingerprint density at radius 3 is 1.67 bits per heavy atom. The van der Waals surface area contributed by atoms with Crippen molar-refractivity contribution in [2.45, 2.75) is 11.8 Å². The third-order valence-electron chi connectivity index (χ3n) is 1.03. The van der Waals surface area contributed by atoms with Crippen molar-refractivity contribution in [1.82, 2.24) is 4.90 Å². The van der Waals surface area contributed by atoms with Crippen LogP contribution in [0, 0.1) is 0 Å². The Morgan fingerprint density at radius 1 is 1.50 bits per heavy atom. The molecule has 0 amide bonds. The van der Waals surface area contributed by atoms with Gasteiger partial charge < -0.3 is 0 Å². The zero-order chi connectivity index (χ0) is 5.15. The number of nitrogens with zero attached hydrogens (tertiary/aromatic N) is 1. The fourth-order valence-corrected chi connectivity index (χ4v) is 0. The maximum atomic E-state index is 2.25. The van der Waals surface area contributed by atoms with E-state index < -0.39 is 0 Å². The molecule has 0 aromatic rings. The van der Waals surface area contributed by atoms with E-state index in [1.165, 1.54) is 0 Å². The summed E-state index contributed by atoms with van der Waals surface area (Å²) < 4.78 is 0. The van der Waals surface area contributed by atoms with Crippen LogP contribution in [0.2, 0.25) is 0 Å². The van der Waals surface area contributed by atoms with Gasteiger partial charge in [-0.25, -0.2) is 0 Å². The van der Waals surface area contributed by atoms with E-state index in [9.17, 15) is 0 Å². The summed E-state index contributed by atoms with van der Waals surface area (Å²) in [5.74, 6) is 0. The van der Waals surface area contributed by atoms with E-state index in [1.54, 1.807) is 0 Å². The molecule has 0 fully saturated rings. The molecule has 0 aliphatic carbocycles. The van der Waals surface area contributed by atoms with E-state index >= 15 is 0 Å². The van der Waals surface area contributed by atoms with Gasteiger partial charge in [0.15, 0.2) is 0 Å². The van der Waals surface area contributed by atoms with Gasteiger partial charge in [0.25, 0.3) is 0 Å². The minimum atomic E-state index is 0.873. The average Bonchev–Trinajstić information content (AvgIpc) is 1.36. The predicted octanol–water partition coefficient (Wildman–Crippen LogP) is -0.741. The van der Waals surface area contributed by atoms with E-state index in [0.717, 1.165) is 21.4 Å². The molecule has 0 N–H and O–H groups in total. The summed E-state index contributed by atoms with van der Waals surface area (Å²) in [6.07, 6.45) is 0. The Bertz CT molecular complexity index is 28.5. The molecule has 0 heterocycles. The summed E-state index contributed by atoms with van der Waals surface area (Å²) in [5.41, 5.74) is 0. The van der Waals surface area contributed by atoms with Gasteiger partial charge >= 0.3 is 47.3 Å². The van der Waals surface area contributed by atoms with E-state index in [2.05, 4.69) is 25.9 Å². The molecule has 2 heteroatoms. The van der Waals surface area contributed by atoms with Crippen LogP contribution in [-0.2, 0) is 0 Å². The first kappa shape index (κ1) is 6.50. The fraction of sp³-hybridized carbons (Fsp3) is 1.00. The molecular formula is C4H13GeN. The summed E-state index contributed by atoms with van der Waals surface area (Å²) in [6.45, 7) is 2.25. The second-order valence-corrected chi connectivity index (χ2v) is 5.56. The van der Waals surface area contributed by atoms with Gasteiger partial charge in [-0.1, -0.05) is 0 Å². The zero-order valence-corrected chi connectivity index (χ0v) is 9.22. The van der Waals surface area contributed by atoms with Gasteiger partial charge in [-0.15, -0.1) is 0 Å². The number of hydrogen-bond donors (Lipinski definition) is 0. The van der Waals surface area contributed by atoms with Crippen molar-refractivity contribution in [1.29, 1.82) is 0 Å². The molecule has 0 saturated carbocycles. The second kappa shape index (κ2) is 2.64. The molecule has 0 aromatic carbocycles. The van der Waals surface area contributed by atoms with Crippen molar-refractivity contribution < 1.29 is 0 Å². The molecule has 0 aromatic heterocycles. The molecule has 0 aliphatic heterocycles. The van der Waals surface area contributed by atoms with Crippen molar-refractivity contribution in [3.63, 3.8) is 0 Å². The Morgan fingerprint density at radius 2 is 1.67 bits per heavy atom. The third-order valence-corrected chi connectivity index (χ3v) is 3.20. The van der Waals surface area contributed by atoms with Crippen LogP contribution in [0.15, 0.2) is 0 Å². The molecule has 0 saturated heterocycles. The Hall–Kier alpha value is 0.503. The van der Waals surface area contributed by atoms with Crippen LogP contribution in [0.25, 0.3) is 0 Å². The summed E-state index contributed by atoms with van der Waals surface area (Å²) in [6, 6.07) is 0. The van der Waals surface area contributed by atoms with E-state index in [1.807, 2.05) is 0 Å². The first-order valence-corrected chi connectivity index (χ1v) is 4.73. The molecule has 0 radical (unpaired) electrons. The van der Waals surface area contributed by atoms with Crippen LogP contribution in [0.3, 0.4) is 0 Å². The SMILES string of the molecule is C[CH]([GeH3])N(C)C. The molecule has 38 valence electrons. The normalized spacial score (nSPS) is 16.0. The van der Waals surface area contributed by atoms with E-state index in [-0.39, 0.29) is 0 Å². The summed E-state index contributed by atoms with van der Waals surface area (Å²) >= 11 is 0.969. The van der Waals surface area contributed by atoms with Crippen molar-refractivity contribution in [3.8, 4) is 0 Å².